The van der Waals surface area contributed by atoms with Crippen LogP contribution in [0.25, 0.3) is 16.7 Å². The second-order valence-corrected chi connectivity index (χ2v) is 6.17. The molecule has 0 amide bonds. The largest absolute Gasteiger partial charge is 0.362 e. The number of hydrogen-bond acceptors (Lipinski definition) is 6. The van der Waals surface area contributed by atoms with E-state index in [9.17, 15) is 17.8 Å². The number of nitrogens with zero attached hydrogens (tertiary/aromatic N) is 6. The monoisotopic (exact) mass is 370 g/mol. The maximum Gasteiger partial charge on any atom is 0.339 e. The quantitative estimate of drug-likeness (QED) is 0.210. The Morgan fingerprint density at radius 1 is 1.27 bits per heavy atom. The van der Waals surface area contributed by atoms with Gasteiger partial charge in [-0.25, -0.2) is 0 Å². The van der Waals surface area contributed by atoms with Crippen LogP contribution in [0.3, 0.4) is 0 Å². The molecule has 0 aromatic heterocycles. The summed E-state index contributed by atoms with van der Waals surface area (Å²) in [5.41, 5.74) is 8.07. The molecule has 0 bridgehead atoms. The molecule has 0 spiro atoms. The minimum atomic E-state index is -4.89. The van der Waals surface area contributed by atoms with Gasteiger partial charge in [0.15, 0.2) is 10.8 Å². The Morgan fingerprint density at radius 2 is 1.96 bits per heavy atom. The van der Waals surface area contributed by atoms with Gasteiger partial charge in [-0.1, -0.05) is 42.5 Å². The summed E-state index contributed by atoms with van der Waals surface area (Å²) in [5, 5.41) is 20.4. The van der Waals surface area contributed by atoms with E-state index >= 15 is 0 Å². The molecule has 11 heteroatoms. The first kappa shape index (κ1) is 18.7. The first-order chi connectivity index (χ1) is 12.4. The SMILES string of the molecule is N#[N+]N=C1C(C(=O)C(=Cc2ccccc2)S(=O)(=O)O)=CC=CC1=NN=[N-]. The van der Waals surface area contributed by atoms with Crippen LogP contribution in [-0.2, 0) is 14.9 Å². The van der Waals surface area contributed by atoms with Gasteiger partial charge in [0, 0.05) is 5.71 Å². The summed E-state index contributed by atoms with van der Waals surface area (Å²) in [5.74, 6) is -1.12. The van der Waals surface area contributed by atoms with Crippen molar-refractivity contribution in [2.24, 2.45) is 15.4 Å². The van der Waals surface area contributed by atoms with Crippen molar-refractivity contribution in [1.82, 2.24) is 0 Å². The fourth-order valence-corrected chi connectivity index (χ4v) is 2.71. The van der Waals surface area contributed by atoms with Gasteiger partial charge in [-0.05, 0) is 17.7 Å². The molecule has 0 atom stereocenters. The Balaban J connectivity index is 2.61. The summed E-state index contributed by atoms with van der Waals surface area (Å²) < 4.78 is 32.9. The van der Waals surface area contributed by atoms with Crippen LogP contribution in [0.2, 0.25) is 0 Å². The summed E-state index contributed by atoms with van der Waals surface area (Å²) in [6.07, 6.45) is 4.77. The number of carbonyl (C=O) groups is 1. The Labute approximate surface area is 147 Å². The third kappa shape index (κ3) is 4.26. The maximum atomic E-state index is 12.7. The molecule has 1 aliphatic carbocycles. The van der Waals surface area contributed by atoms with E-state index < -0.39 is 20.8 Å². The first-order valence-electron chi connectivity index (χ1n) is 6.90. The molecule has 0 radical (unpaired) electrons. The van der Waals surface area contributed by atoms with Gasteiger partial charge < -0.3 is 10.6 Å². The van der Waals surface area contributed by atoms with Crippen LogP contribution in [0.4, 0.5) is 0 Å². The molecule has 0 heterocycles. The van der Waals surface area contributed by atoms with Gasteiger partial charge in [-0.15, -0.1) is 0 Å². The van der Waals surface area contributed by atoms with Gasteiger partial charge in [-0.2, -0.15) is 8.42 Å². The standard InChI is InChI=1S/C15H10N6O4S/c16-20-18-12-8-4-7-11(14(12)19-21-17)15(22)13(26(23,24)25)9-10-5-2-1-3-6-10/h1-9H,(H,23,24,25). The number of allylic oxidation sites excluding steroid dienone is 5. The lowest BCUT2D eigenvalue weighted by Crippen LogP contribution is -2.25. The van der Waals surface area contributed by atoms with Crippen molar-refractivity contribution >= 4 is 33.4 Å². The minimum Gasteiger partial charge on any atom is -0.362 e. The first-order valence-corrected chi connectivity index (χ1v) is 8.34. The van der Waals surface area contributed by atoms with Gasteiger partial charge in [0.2, 0.25) is 5.78 Å². The molecule has 1 N–H and O–H groups in total. The van der Waals surface area contributed by atoms with Crippen LogP contribution in [0, 0.1) is 5.39 Å². The average Bonchev–Trinajstić information content (AvgIpc) is 2.61. The van der Waals surface area contributed by atoms with E-state index in [0.717, 1.165) is 6.08 Å². The van der Waals surface area contributed by atoms with Crippen LogP contribution >= 0.6 is 0 Å². The molecule has 1 aliphatic rings. The van der Waals surface area contributed by atoms with Gasteiger partial charge in [-0.3, -0.25) is 14.6 Å². The third-order valence-electron chi connectivity index (χ3n) is 3.16. The topological polar surface area (TPSA) is 159 Å². The molecule has 2 rings (SSSR count). The number of benzene rings is 1. The zero-order valence-corrected chi connectivity index (χ0v) is 13.8. The summed E-state index contributed by atoms with van der Waals surface area (Å²) in [7, 11) is -4.89. The van der Waals surface area contributed by atoms with Crippen LogP contribution in [-0.4, -0.2) is 30.2 Å². The molecular weight excluding hydrogens is 360 g/mol. The van der Waals surface area contributed by atoms with Gasteiger partial charge in [0.05, 0.1) is 5.57 Å². The number of rotatable bonds is 5. The summed E-state index contributed by atoms with van der Waals surface area (Å²) in [4.78, 5) is 11.8. The third-order valence-corrected chi connectivity index (χ3v) is 4.01. The summed E-state index contributed by atoms with van der Waals surface area (Å²) >= 11 is 0. The highest BCUT2D eigenvalue weighted by Gasteiger charge is 2.31. The molecular formula is C15H10N6O4S. The molecule has 1 aromatic carbocycles. The number of carbonyl (C=O) groups excluding carboxylic acids is 1. The van der Waals surface area contributed by atoms with Gasteiger partial charge >= 0.3 is 5.08 Å². The van der Waals surface area contributed by atoms with Crippen molar-refractivity contribution in [3.8, 4) is 0 Å². The highest BCUT2D eigenvalue weighted by molar-refractivity contribution is 7.91. The molecule has 0 fully saturated rings. The molecule has 0 saturated heterocycles. The highest BCUT2D eigenvalue weighted by Crippen LogP contribution is 2.20. The number of Topliss-reactive ketones (excluding diaryl/α,β-unsaturated/α-hetero) is 1. The Bertz CT molecular complexity index is 1040. The van der Waals surface area contributed by atoms with Crippen molar-refractivity contribution in [1.29, 1.82) is 5.39 Å². The predicted octanol–water partition coefficient (Wildman–Crippen LogP) is 2.57. The van der Waals surface area contributed by atoms with E-state index in [4.69, 9.17) is 10.9 Å². The number of diazo groups is 1. The molecule has 130 valence electrons. The minimum absolute atomic E-state index is 0.162. The zero-order valence-electron chi connectivity index (χ0n) is 13.0. The van der Waals surface area contributed by atoms with E-state index in [2.05, 4.69) is 20.5 Å². The fourth-order valence-electron chi connectivity index (χ4n) is 2.08. The predicted molar refractivity (Wildman–Crippen MR) is 93.9 cm³/mol. The molecule has 26 heavy (non-hydrogen) atoms. The van der Waals surface area contributed by atoms with E-state index in [0.29, 0.717) is 5.56 Å². The Morgan fingerprint density at radius 3 is 2.54 bits per heavy atom. The summed E-state index contributed by atoms with van der Waals surface area (Å²) in [6, 6.07) is 7.99. The van der Waals surface area contributed by atoms with Crippen molar-refractivity contribution in [2.75, 3.05) is 0 Å². The van der Waals surface area contributed by atoms with Crippen molar-refractivity contribution in [3.05, 3.63) is 75.2 Å². The van der Waals surface area contributed by atoms with Crippen molar-refractivity contribution in [3.63, 3.8) is 0 Å². The van der Waals surface area contributed by atoms with E-state index in [1.165, 1.54) is 30.4 Å². The maximum absolute atomic E-state index is 12.7. The molecule has 0 unspecified atom stereocenters. The fraction of sp³-hybridized carbons (Fsp3) is 0. The van der Waals surface area contributed by atoms with Crippen LogP contribution < -0.4 is 0 Å². The lowest BCUT2D eigenvalue weighted by atomic mass is 9.96. The van der Waals surface area contributed by atoms with Gasteiger partial charge in [0.25, 0.3) is 15.5 Å². The average molecular weight is 370 g/mol. The highest BCUT2D eigenvalue weighted by atomic mass is 32.2. The lowest BCUT2D eigenvalue weighted by molar-refractivity contribution is -0.111. The lowest BCUT2D eigenvalue weighted by Gasteiger charge is -2.13. The van der Waals surface area contributed by atoms with Crippen molar-refractivity contribution < 1.29 is 17.8 Å². The molecule has 0 aliphatic heterocycles. The smallest absolute Gasteiger partial charge is 0.339 e. The second kappa shape index (κ2) is 7.97. The number of hydrogen-bond donors (Lipinski definition) is 1. The Kier molecular flexibility index (Phi) is 5.74. The van der Waals surface area contributed by atoms with E-state index in [1.807, 2.05) is 0 Å². The molecule has 10 nitrogen and oxygen atoms in total. The Hall–Kier alpha value is -3.62. The van der Waals surface area contributed by atoms with E-state index in [1.54, 1.807) is 18.2 Å². The zero-order chi connectivity index (χ0) is 19.2. The van der Waals surface area contributed by atoms with Crippen LogP contribution in [0.1, 0.15) is 5.56 Å². The summed E-state index contributed by atoms with van der Waals surface area (Å²) in [6.45, 7) is 0. The van der Waals surface area contributed by atoms with E-state index in [-0.39, 0.29) is 17.0 Å². The van der Waals surface area contributed by atoms with Crippen molar-refractivity contribution in [2.45, 2.75) is 0 Å². The molecule has 1 aromatic rings. The van der Waals surface area contributed by atoms with Crippen LogP contribution in [0.5, 0.6) is 0 Å². The second-order valence-electron chi connectivity index (χ2n) is 4.78. The van der Waals surface area contributed by atoms with Crippen LogP contribution in [0.15, 0.2) is 74.5 Å². The van der Waals surface area contributed by atoms with Gasteiger partial charge in [0.1, 0.15) is 4.91 Å². The number of ketones is 1. The normalized spacial score (nSPS) is 17.7. The molecule has 0 saturated carbocycles.